The lowest BCUT2D eigenvalue weighted by Gasteiger charge is -2.14. The highest BCUT2D eigenvalue weighted by Gasteiger charge is 2.21. The summed E-state index contributed by atoms with van der Waals surface area (Å²) >= 11 is 7.34. The third-order valence-corrected chi connectivity index (χ3v) is 5.84. The average molecular weight is 467 g/mol. The number of amides is 1. The molecule has 0 saturated carbocycles. The number of ether oxygens (including phenoxy) is 1. The third kappa shape index (κ3) is 4.56. The molecule has 2 N–H and O–H groups in total. The first-order valence-electron chi connectivity index (χ1n) is 9.63. The van der Waals surface area contributed by atoms with Gasteiger partial charge in [0.05, 0.1) is 34.8 Å². The van der Waals surface area contributed by atoms with Crippen LogP contribution in [0.3, 0.4) is 0 Å². The van der Waals surface area contributed by atoms with E-state index in [4.69, 9.17) is 16.3 Å². The Bertz CT molecular complexity index is 1260. The van der Waals surface area contributed by atoms with Gasteiger partial charge in [-0.1, -0.05) is 59.8 Å². The number of phenols is 1. The molecule has 7 nitrogen and oxygen atoms in total. The third-order valence-electron chi connectivity index (χ3n) is 4.58. The molecule has 0 radical (unpaired) electrons. The molecule has 0 atom stereocenters. The van der Waals surface area contributed by atoms with E-state index in [1.54, 1.807) is 60.2 Å². The second-order valence-electron chi connectivity index (χ2n) is 6.65. The summed E-state index contributed by atoms with van der Waals surface area (Å²) in [6.07, 6.45) is 0. The van der Waals surface area contributed by atoms with E-state index in [9.17, 15) is 9.90 Å². The molecular weight excluding hydrogens is 448 g/mol. The fourth-order valence-electron chi connectivity index (χ4n) is 3.11. The summed E-state index contributed by atoms with van der Waals surface area (Å²) in [5.74, 6) is 0.957. The Hall–Kier alpha value is -3.49. The monoisotopic (exact) mass is 466 g/mol. The molecule has 0 aliphatic rings. The molecule has 32 heavy (non-hydrogen) atoms. The van der Waals surface area contributed by atoms with Crippen molar-refractivity contribution >= 4 is 35.0 Å². The number of benzene rings is 3. The fraction of sp³-hybridized carbons (Fsp3) is 0.0870. The van der Waals surface area contributed by atoms with Crippen LogP contribution in [0.25, 0.3) is 17.1 Å². The van der Waals surface area contributed by atoms with Crippen LogP contribution >= 0.6 is 23.4 Å². The van der Waals surface area contributed by atoms with Crippen molar-refractivity contribution in [2.45, 2.75) is 5.16 Å². The predicted molar refractivity (Wildman–Crippen MR) is 126 cm³/mol. The minimum absolute atomic E-state index is 0.0732. The number of para-hydroxylation sites is 4. The number of anilines is 1. The zero-order valence-corrected chi connectivity index (χ0v) is 18.6. The van der Waals surface area contributed by atoms with E-state index >= 15 is 0 Å². The van der Waals surface area contributed by atoms with Crippen molar-refractivity contribution in [1.82, 2.24) is 14.8 Å². The van der Waals surface area contributed by atoms with Crippen LogP contribution in [-0.4, -0.2) is 38.6 Å². The Labute approximate surface area is 194 Å². The van der Waals surface area contributed by atoms with Gasteiger partial charge in [-0.2, -0.15) is 0 Å². The highest BCUT2D eigenvalue weighted by Crippen LogP contribution is 2.35. The highest BCUT2D eigenvalue weighted by molar-refractivity contribution is 7.99. The molecular formula is C23H19ClN4O3S. The van der Waals surface area contributed by atoms with Crippen LogP contribution in [0, 0.1) is 0 Å². The first kappa shape index (κ1) is 21.7. The van der Waals surface area contributed by atoms with Gasteiger partial charge in [-0.05, 0) is 36.4 Å². The first-order chi connectivity index (χ1) is 15.6. The van der Waals surface area contributed by atoms with Gasteiger partial charge >= 0.3 is 0 Å². The number of carbonyl (C=O) groups excluding carboxylic acids is 1. The topological polar surface area (TPSA) is 89.3 Å². The number of hydrogen-bond donors (Lipinski definition) is 2. The second kappa shape index (κ2) is 9.76. The summed E-state index contributed by atoms with van der Waals surface area (Å²) in [4.78, 5) is 12.5. The van der Waals surface area contributed by atoms with E-state index < -0.39 is 0 Å². The molecule has 3 aromatic carbocycles. The van der Waals surface area contributed by atoms with E-state index in [1.165, 1.54) is 11.8 Å². The number of carbonyl (C=O) groups is 1. The highest BCUT2D eigenvalue weighted by atomic mass is 35.5. The van der Waals surface area contributed by atoms with E-state index in [2.05, 4.69) is 15.5 Å². The van der Waals surface area contributed by atoms with Gasteiger partial charge in [-0.3, -0.25) is 9.36 Å². The number of aromatic nitrogens is 3. The lowest BCUT2D eigenvalue weighted by molar-refractivity contribution is -0.113. The van der Waals surface area contributed by atoms with Gasteiger partial charge in [-0.15, -0.1) is 10.2 Å². The van der Waals surface area contributed by atoms with Crippen LogP contribution in [0.1, 0.15) is 0 Å². The molecule has 0 unspecified atom stereocenters. The Morgan fingerprint density at radius 2 is 1.78 bits per heavy atom. The first-order valence-corrected chi connectivity index (χ1v) is 11.0. The van der Waals surface area contributed by atoms with Crippen molar-refractivity contribution in [3.05, 3.63) is 77.8 Å². The second-order valence-corrected chi connectivity index (χ2v) is 8.00. The van der Waals surface area contributed by atoms with Crippen molar-refractivity contribution in [1.29, 1.82) is 0 Å². The maximum atomic E-state index is 12.5. The molecule has 162 valence electrons. The fourth-order valence-corrected chi connectivity index (χ4v) is 4.04. The van der Waals surface area contributed by atoms with E-state index in [1.807, 2.05) is 24.3 Å². The minimum Gasteiger partial charge on any atom is -0.507 e. The number of rotatable bonds is 7. The van der Waals surface area contributed by atoms with Crippen LogP contribution in [0.4, 0.5) is 5.69 Å². The molecule has 4 rings (SSSR count). The van der Waals surface area contributed by atoms with E-state index in [-0.39, 0.29) is 17.4 Å². The van der Waals surface area contributed by atoms with Crippen molar-refractivity contribution in [3.8, 4) is 28.6 Å². The molecule has 1 heterocycles. The number of nitrogens with one attached hydrogen (secondary N) is 1. The zero-order chi connectivity index (χ0) is 22.5. The quantitative estimate of drug-likeness (QED) is 0.371. The van der Waals surface area contributed by atoms with Crippen LogP contribution in [0.15, 0.2) is 78.0 Å². The molecule has 4 aromatic rings. The van der Waals surface area contributed by atoms with E-state index in [0.717, 1.165) is 0 Å². The number of phenolic OH excluding ortho intramolecular Hbond substituents is 1. The molecule has 1 amide bonds. The summed E-state index contributed by atoms with van der Waals surface area (Å²) in [5, 5.41) is 22.7. The largest absolute Gasteiger partial charge is 0.507 e. The molecule has 0 bridgehead atoms. The van der Waals surface area contributed by atoms with Crippen LogP contribution < -0.4 is 10.1 Å². The predicted octanol–water partition coefficient (Wildman–Crippen LogP) is 5.03. The summed E-state index contributed by atoms with van der Waals surface area (Å²) in [6, 6.07) is 21.3. The Balaban J connectivity index is 1.67. The standard InChI is InChI=1S/C23H19ClN4O3S/c1-31-20-13-7-5-11-18(20)28-22(15-8-2-6-12-19(15)29)26-27-23(28)32-14-21(30)25-17-10-4-3-9-16(17)24/h2-13,29H,14H2,1H3,(H,25,30). The average Bonchev–Trinajstić information content (AvgIpc) is 3.23. The van der Waals surface area contributed by atoms with Gasteiger partial charge in [0.15, 0.2) is 11.0 Å². The smallest absolute Gasteiger partial charge is 0.234 e. The van der Waals surface area contributed by atoms with Crippen LogP contribution in [0.2, 0.25) is 5.02 Å². The molecule has 9 heteroatoms. The van der Waals surface area contributed by atoms with Crippen LogP contribution in [0.5, 0.6) is 11.5 Å². The maximum absolute atomic E-state index is 12.5. The molecule has 0 aliphatic heterocycles. The van der Waals surface area contributed by atoms with Gasteiger partial charge in [0.1, 0.15) is 11.5 Å². The lowest BCUT2D eigenvalue weighted by atomic mass is 10.2. The van der Waals surface area contributed by atoms with Gasteiger partial charge < -0.3 is 15.2 Å². The summed E-state index contributed by atoms with van der Waals surface area (Å²) in [5.41, 5.74) is 1.74. The molecule has 0 saturated heterocycles. The number of thioether (sulfide) groups is 1. The van der Waals surface area contributed by atoms with Crippen molar-refractivity contribution in [3.63, 3.8) is 0 Å². The number of hydrogen-bond acceptors (Lipinski definition) is 6. The van der Waals surface area contributed by atoms with Gasteiger partial charge in [-0.25, -0.2) is 0 Å². The number of nitrogens with zero attached hydrogens (tertiary/aromatic N) is 3. The van der Waals surface area contributed by atoms with Gasteiger partial charge in [0.25, 0.3) is 0 Å². The number of methoxy groups -OCH3 is 1. The van der Waals surface area contributed by atoms with Crippen molar-refractivity contribution in [2.24, 2.45) is 0 Å². The molecule has 1 aromatic heterocycles. The summed E-state index contributed by atoms with van der Waals surface area (Å²) in [6.45, 7) is 0. The Morgan fingerprint density at radius 1 is 1.06 bits per heavy atom. The molecule has 0 spiro atoms. The zero-order valence-electron chi connectivity index (χ0n) is 17.0. The molecule has 0 fully saturated rings. The SMILES string of the molecule is COc1ccccc1-n1c(SCC(=O)Nc2ccccc2Cl)nnc1-c1ccccc1O. The Morgan fingerprint density at radius 3 is 2.56 bits per heavy atom. The number of aromatic hydroxyl groups is 1. The normalized spacial score (nSPS) is 10.7. The van der Waals surface area contributed by atoms with Crippen LogP contribution in [-0.2, 0) is 4.79 Å². The minimum atomic E-state index is -0.234. The van der Waals surface area contributed by atoms with E-state index in [0.29, 0.717) is 38.7 Å². The summed E-state index contributed by atoms with van der Waals surface area (Å²) < 4.78 is 7.29. The lowest BCUT2D eigenvalue weighted by Crippen LogP contribution is -2.15. The Kier molecular flexibility index (Phi) is 6.63. The summed E-state index contributed by atoms with van der Waals surface area (Å²) in [7, 11) is 1.58. The van der Waals surface area contributed by atoms with Gasteiger partial charge in [0, 0.05) is 0 Å². The van der Waals surface area contributed by atoms with Crippen molar-refractivity contribution in [2.75, 3.05) is 18.2 Å². The number of halogens is 1. The molecule has 0 aliphatic carbocycles. The van der Waals surface area contributed by atoms with Crippen molar-refractivity contribution < 1.29 is 14.6 Å². The van der Waals surface area contributed by atoms with Gasteiger partial charge in [0.2, 0.25) is 5.91 Å². The maximum Gasteiger partial charge on any atom is 0.234 e.